The van der Waals surface area contributed by atoms with Crippen LogP contribution < -0.4 is 5.73 Å². The standard InChI is InChI=1S/C15H16ClNO/c16-14-9-5-4-8-12(14)13(10-17)15(18)11-6-2-1-3-7-11/h1-9,13,15,18H,10,17H2. The fourth-order valence-corrected chi connectivity index (χ4v) is 2.36. The van der Waals surface area contributed by atoms with E-state index in [4.69, 9.17) is 17.3 Å². The Morgan fingerprint density at radius 1 is 1.00 bits per heavy atom. The van der Waals surface area contributed by atoms with E-state index < -0.39 is 6.10 Å². The van der Waals surface area contributed by atoms with Crippen molar-refractivity contribution in [2.24, 2.45) is 5.73 Å². The van der Waals surface area contributed by atoms with Crippen LogP contribution in [0, 0.1) is 0 Å². The molecule has 2 rings (SSSR count). The number of hydrogen-bond donors (Lipinski definition) is 2. The van der Waals surface area contributed by atoms with Gasteiger partial charge in [0.25, 0.3) is 0 Å². The quantitative estimate of drug-likeness (QED) is 0.888. The van der Waals surface area contributed by atoms with Gasteiger partial charge in [-0.25, -0.2) is 0 Å². The summed E-state index contributed by atoms with van der Waals surface area (Å²) in [6.07, 6.45) is -0.643. The van der Waals surface area contributed by atoms with Crippen LogP contribution in [0.2, 0.25) is 5.02 Å². The normalized spacial score (nSPS) is 14.2. The minimum absolute atomic E-state index is 0.193. The highest BCUT2D eigenvalue weighted by molar-refractivity contribution is 6.31. The zero-order chi connectivity index (χ0) is 13.0. The number of benzene rings is 2. The SMILES string of the molecule is NCC(c1ccccc1Cl)C(O)c1ccccc1. The van der Waals surface area contributed by atoms with Gasteiger partial charge in [-0.1, -0.05) is 60.1 Å². The van der Waals surface area contributed by atoms with Gasteiger partial charge in [-0.3, -0.25) is 0 Å². The van der Waals surface area contributed by atoms with Crippen molar-refractivity contribution in [1.82, 2.24) is 0 Å². The summed E-state index contributed by atoms with van der Waals surface area (Å²) < 4.78 is 0. The van der Waals surface area contributed by atoms with Crippen LogP contribution in [0.25, 0.3) is 0 Å². The van der Waals surface area contributed by atoms with Crippen molar-refractivity contribution in [3.63, 3.8) is 0 Å². The van der Waals surface area contributed by atoms with Crippen LogP contribution in [0.5, 0.6) is 0 Å². The highest BCUT2D eigenvalue weighted by Gasteiger charge is 2.22. The predicted octanol–water partition coefficient (Wildman–Crippen LogP) is 3.12. The summed E-state index contributed by atoms with van der Waals surface area (Å²) in [5.74, 6) is -0.193. The van der Waals surface area contributed by atoms with Crippen LogP contribution in [0.4, 0.5) is 0 Å². The average molecular weight is 262 g/mol. The van der Waals surface area contributed by atoms with Gasteiger partial charge in [0.1, 0.15) is 0 Å². The molecule has 0 radical (unpaired) electrons. The minimum Gasteiger partial charge on any atom is -0.388 e. The van der Waals surface area contributed by atoms with Gasteiger partial charge in [0.2, 0.25) is 0 Å². The van der Waals surface area contributed by atoms with Crippen LogP contribution in [0.15, 0.2) is 54.6 Å². The van der Waals surface area contributed by atoms with Crippen molar-refractivity contribution in [1.29, 1.82) is 0 Å². The summed E-state index contributed by atoms with van der Waals surface area (Å²) >= 11 is 6.16. The molecule has 0 aliphatic heterocycles. The highest BCUT2D eigenvalue weighted by Crippen LogP contribution is 2.33. The van der Waals surface area contributed by atoms with E-state index in [1.54, 1.807) is 0 Å². The Balaban J connectivity index is 2.32. The molecule has 3 N–H and O–H groups in total. The maximum atomic E-state index is 10.4. The first-order valence-corrected chi connectivity index (χ1v) is 6.29. The zero-order valence-corrected chi connectivity index (χ0v) is 10.7. The molecule has 0 aliphatic carbocycles. The third-order valence-electron chi connectivity index (χ3n) is 3.08. The Bertz CT molecular complexity index is 501. The Hall–Kier alpha value is -1.35. The Morgan fingerprint density at radius 2 is 1.61 bits per heavy atom. The van der Waals surface area contributed by atoms with Crippen LogP contribution in [0.3, 0.4) is 0 Å². The molecule has 2 atom stereocenters. The van der Waals surface area contributed by atoms with E-state index in [2.05, 4.69) is 0 Å². The molecule has 2 nitrogen and oxygen atoms in total. The van der Waals surface area contributed by atoms with Crippen molar-refractivity contribution in [2.45, 2.75) is 12.0 Å². The first-order chi connectivity index (χ1) is 8.74. The Morgan fingerprint density at radius 3 is 2.22 bits per heavy atom. The zero-order valence-electron chi connectivity index (χ0n) is 9.96. The molecule has 94 valence electrons. The molecule has 0 aliphatic rings. The largest absolute Gasteiger partial charge is 0.388 e. The van der Waals surface area contributed by atoms with Crippen molar-refractivity contribution in [2.75, 3.05) is 6.54 Å². The highest BCUT2D eigenvalue weighted by atomic mass is 35.5. The molecule has 0 saturated heterocycles. The van der Waals surface area contributed by atoms with Gasteiger partial charge < -0.3 is 10.8 Å². The molecule has 0 bridgehead atoms. The summed E-state index contributed by atoms with van der Waals surface area (Å²) in [5, 5.41) is 11.1. The molecule has 0 fully saturated rings. The number of aliphatic hydroxyl groups excluding tert-OH is 1. The van der Waals surface area contributed by atoms with Gasteiger partial charge in [-0.15, -0.1) is 0 Å². The van der Waals surface area contributed by atoms with Crippen LogP contribution in [0.1, 0.15) is 23.1 Å². The monoisotopic (exact) mass is 261 g/mol. The second-order valence-corrected chi connectivity index (χ2v) is 4.63. The van der Waals surface area contributed by atoms with E-state index in [0.717, 1.165) is 11.1 Å². The smallest absolute Gasteiger partial charge is 0.0871 e. The Kier molecular flexibility index (Phi) is 4.37. The lowest BCUT2D eigenvalue weighted by molar-refractivity contribution is 0.147. The van der Waals surface area contributed by atoms with E-state index in [1.807, 2.05) is 54.6 Å². The summed E-state index contributed by atoms with van der Waals surface area (Å²) in [6.45, 7) is 0.347. The topological polar surface area (TPSA) is 46.2 Å². The van der Waals surface area contributed by atoms with Crippen molar-refractivity contribution in [3.8, 4) is 0 Å². The molecular weight excluding hydrogens is 246 g/mol. The van der Waals surface area contributed by atoms with Crippen molar-refractivity contribution < 1.29 is 5.11 Å². The number of halogens is 1. The van der Waals surface area contributed by atoms with Gasteiger partial charge in [0.15, 0.2) is 0 Å². The fourth-order valence-electron chi connectivity index (χ4n) is 2.08. The molecule has 2 unspecified atom stereocenters. The average Bonchev–Trinajstić information content (AvgIpc) is 2.42. The first kappa shape index (κ1) is 13.1. The third-order valence-corrected chi connectivity index (χ3v) is 3.43. The number of rotatable bonds is 4. The minimum atomic E-state index is -0.643. The third kappa shape index (κ3) is 2.72. The number of hydrogen-bond acceptors (Lipinski definition) is 2. The molecule has 2 aromatic rings. The molecule has 2 aromatic carbocycles. The van der Waals surface area contributed by atoms with Crippen molar-refractivity contribution >= 4 is 11.6 Å². The lowest BCUT2D eigenvalue weighted by Gasteiger charge is -2.23. The second kappa shape index (κ2) is 6.01. The summed E-state index contributed by atoms with van der Waals surface area (Å²) in [6, 6.07) is 17.0. The molecule has 0 saturated carbocycles. The van der Waals surface area contributed by atoms with Gasteiger partial charge in [-0.05, 0) is 17.2 Å². The Labute approximate surface area is 112 Å². The summed E-state index contributed by atoms with van der Waals surface area (Å²) in [4.78, 5) is 0. The summed E-state index contributed by atoms with van der Waals surface area (Å²) in [7, 11) is 0. The van der Waals surface area contributed by atoms with Gasteiger partial charge >= 0.3 is 0 Å². The maximum Gasteiger partial charge on any atom is 0.0871 e. The summed E-state index contributed by atoms with van der Waals surface area (Å²) in [5.41, 5.74) is 7.53. The molecule has 0 heterocycles. The van der Waals surface area contributed by atoms with Gasteiger partial charge in [-0.2, -0.15) is 0 Å². The molecule has 0 spiro atoms. The predicted molar refractivity (Wildman–Crippen MR) is 74.6 cm³/mol. The van der Waals surface area contributed by atoms with E-state index >= 15 is 0 Å². The van der Waals surface area contributed by atoms with Gasteiger partial charge in [0, 0.05) is 17.5 Å². The fraction of sp³-hybridized carbons (Fsp3) is 0.200. The van der Waals surface area contributed by atoms with Crippen LogP contribution in [-0.4, -0.2) is 11.7 Å². The van der Waals surface area contributed by atoms with Crippen molar-refractivity contribution in [3.05, 3.63) is 70.7 Å². The van der Waals surface area contributed by atoms with Crippen LogP contribution in [-0.2, 0) is 0 Å². The molecule has 18 heavy (non-hydrogen) atoms. The lowest BCUT2D eigenvalue weighted by Crippen LogP contribution is -2.20. The maximum absolute atomic E-state index is 10.4. The van der Waals surface area contributed by atoms with Crippen LogP contribution >= 0.6 is 11.6 Å². The van der Waals surface area contributed by atoms with E-state index in [1.165, 1.54) is 0 Å². The molecule has 3 heteroatoms. The van der Waals surface area contributed by atoms with E-state index in [9.17, 15) is 5.11 Å². The number of aliphatic hydroxyl groups is 1. The second-order valence-electron chi connectivity index (χ2n) is 4.22. The lowest BCUT2D eigenvalue weighted by atomic mass is 9.89. The first-order valence-electron chi connectivity index (χ1n) is 5.91. The molecule has 0 amide bonds. The van der Waals surface area contributed by atoms with E-state index in [0.29, 0.717) is 11.6 Å². The molecular formula is C15H16ClNO. The van der Waals surface area contributed by atoms with Gasteiger partial charge in [0.05, 0.1) is 6.10 Å². The number of nitrogens with two attached hydrogens (primary N) is 1. The molecule has 0 aromatic heterocycles. The van der Waals surface area contributed by atoms with E-state index in [-0.39, 0.29) is 5.92 Å².